The summed E-state index contributed by atoms with van der Waals surface area (Å²) in [5, 5.41) is 2.21. The van der Waals surface area contributed by atoms with Crippen LogP contribution in [0.15, 0.2) is 11.4 Å². The van der Waals surface area contributed by atoms with Gasteiger partial charge in [-0.15, -0.1) is 23.1 Å². The van der Waals surface area contributed by atoms with E-state index in [0.29, 0.717) is 11.8 Å². The second kappa shape index (κ2) is 6.10. The monoisotopic (exact) mass is 313 g/mol. The topological polar surface area (TPSA) is 20.3 Å². The highest BCUT2D eigenvalue weighted by Gasteiger charge is 2.34. The normalized spacial score (nSPS) is 26.5. The first-order chi connectivity index (χ1) is 9.29. The van der Waals surface area contributed by atoms with Crippen molar-refractivity contribution in [2.24, 2.45) is 5.92 Å². The molecule has 3 heterocycles. The standard InChI is InChI=1S/C14H19NOS3/c1-17-9-10-2-5-15(8-10)14(16)13-11-3-6-18-12(11)4-7-19-13/h3,6,10,13H,2,4-5,7-9H2,1H3. The number of nitrogens with zero attached hydrogens (tertiary/aromatic N) is 1. The SMILES string of the molecule is CSCC1CCN(C(=O)C2SCCc3sccc32)C1. The van der Waals surface area contributed by atoms with Crippen molar-refractivity contribution in [3.8, 4) is 0 Å². The Morgan fingerprint density at radius 3 is 3.32 bits per heavy atom. The molecule has 104 valence electrons. The summed E-state index contributed by atoms with van der Waals surface area (Å²) in [5.41, 5.74) is 1.29. The number of fused-ring (bicyclic) bond motifs is 1. The zero-order valence-electron chi connectivity index (χ0n) is 11.1. The first-order valence-electron chi connectivity index (χ1n) is 6.75. The molecule has 5 heteroatoms. The van der Waals surface area contributed by atoms with Crippen LogP contribution in [0.1, 0.15) is 22.1 Å². The number of hydrogen-bond acceptors (Lipinski definition) is 4. The van der Waals surface area contributed by atoms with Crippen LogP contribution in [0, 0.1) is 5.92 Å². The molecule has 3 rings (SSSR count). The minimum absolute atomic E-state index is 0.0722. The van der Waals surface area contributed by atoms with E-state index in [0.717, 1.165) is 25.3 Å². The summed E-state index contributed by atoms with van der Waals surface area (Å²) >= 11 is 5.54. The third kappa shape index (κ3) is 2.83. The molecule has 2 aliphatic heterocycles. The van der Waals surface area contributed by atoms with Crippen LogP contribution in [-0.2, 0) is 11.2 Å². The number of amides is 1. The predicted octanol–water partition coefficient (Wildman–Crippen LogP) is 3.29. The van der Waals surface area contributed by atoms with Crippen LogP contribution in [0.5, 0.6) is 0 Å². The van der Waals surface area contributed by atoms with Gasteiger partial charge in [-0.25, -0.2) is 0 Å². The largest absolute Gasteiger partial charge is 0.341 e. The minimum Gasteiger partial charge on any atom is -0.341 e. The molecule has 1 amide bonds. The molecule has 0 radical (unpaired) electrons. The van der Waals surface area contributed by atoms with Crippen molar-refractivity contribution < 1.29 is 4.79 Å². The highest BCUT2D eigenvalue weighted by molar-refractivity contribution is 8.00. The van der Waals surface area contributed by atoms with E-state index in [2.05, 4.69) is 22.6 Å². The number of rotatable bonds is 3. The van der Waals surface area contributed by atoms with Gasteiger partial charge in [-0.05, 0) is 53.5 Å². The van der Waals surface area contributed by atoms with Gasteiger partial charge in [-0.3, -0.25) is 4.79 Å². The van der Waals surface area contributed by atoms with Gasteiger partial charge in [-0.2, -0.15) is 11.8 Å². The highest BCUT2D eigenvalue weighted by Crippen LogP contribution is 2.41. The van der Waals surface area contributed by atoms with Crippen LogP contribution in [-0.4, -0.2) is 41.7 Å². The highest BCUT2D eigenvalue weighted by atomic mass is 32.2. The van der Waals surface area contributed by atoms with Crippen molar-refractivity contribution in [2.75, 3.05) is 30.9 Å². The van der Waals surface area contributed by atoms with E-state index in [9.17, 15) is 4.79 Å². The number of carbonyl (C=O) groups is 1. The van der Waals surface area contributed by atoms with Crippen molar-refractivity contribution in [3.05, 3.63) is 21.9 Å². The molecule has 1 aromatic rings. The van der Waals surface area contributed by atoms with E-state index >= 15 is 0 Å². The maximum Gasteiger partial charge on any atom is 0.240 e. The zero-order valence-corrected chi connectivity index (χ0v) is 13.6. The van der Waals surface area contributed by atoms with E-state index in [1.165, 1.54) is 22.6 Å². The molecule has 1 saturated heterocycles. The molecule has 0 spiro atoms. The van der Waals surface area contributed by atoms with Crippen LogP contribution in [0.3, 0.4) is 0 Å². The molecule has 1 aromatic heterocycles. The van der Waals surface area contributed by atoms with Crippen LogP contribution < -0.4 is 0 Å². The Morgan fingerprint density at radius 2 is 2.47 bits per heavy atom. The van der Waals surface area contributed by atoms with Crippen molar-refractivity contribution in [1.29, 1.82) is 0 Å². The van der Waals surface area contributed by atoms with E-state index in [4.69, 9.17) is 0 Å². The van der Waals surface area contributed by atoms with Crippen molar-refractivity contribution >= 4 is 40.8 Å². The molecule has 0 aliphatic carbocycles. The predicted molar refractivity (Wildman–Crippen MR) is 86.3 cm³/mol. The minimum atomic E-state index is 0.0722. The molecule has 19 heavy (non-hydrogen) atoms. The van der Waals surface area contributed by atoms with Crippen molar-refractivity contribution in [2.45, 2.75) is 18.1 Å². The van der Waals surface area contributed by atoms with Gasteiger partial charge in [0.15, 0.2) is 0 Å². The molecule has 2 atom stereocenters. The fourth-order valence-corrected chi connectivity index (χ4v) is 6.04. The molecular formula is C14H19NOS3. The average Bonchev–Trinajstić information content (AvgIpc) is 3.06. The Balaban J connectivity index is 1.69. The molecule has 2 unspecified atom stereocenters. The molecule has 0 N–H and O–H groups in total. The van der Waals surface area contributed by atoms with E-state index in [1.807, 2.05) is 34.9 Å². The third-order valence-electron chi connectivity index (χ3n) is 3.90. The Bertz CT molecular complexity index is 459. The second-order valence-corrected chi connectivity index (χ2v) is 8.32. The third-order valence-corrected chi connectivity index (χ3v) is 6.93. The molecule has 2 aliphatic rings. The van der Waals surface area contributed by atoms with E-state index in [1.54, 1.807) is 0 Å². The molecule has 0 saturated carbocycles. The van der Waals surface area contributed by atoms with E-state index in [-0.39, 0.29) is 5.25 Å². The molecular weight excluding hydrogens is 294 g/mol. The van der Waals surface area contributed by atoms with Crippen LogP contribution in [0.4, 0.5) is 0 Å². The smallest absolute Gasteiger partial charge is 0.240 e. The fraction of sp³-hybridized carbons (Fsp3) is 0.643. The maximum absolute atomic E-state index is 12.7. The molecule has 1 fully saturated rings. The summed E-state index contributed by atoms with van der Waals surface area (Å²) in [7, 11) is 0. The molecule has 0 aromatic carbocycles. The quantitative estimate of drug-likeness (QED) is 0.854. The summed E-state index contributed by atoms with van der Waals surface area (Å²) in [6.07, 6.45) is 4.47. The summed E-state index contributed by atoms with van der Waals surface area (Å²) in [6, 6.07) is 2.16. The number of likely N-dealkylation sites (tertiary alicyclic amines) is 1. The number of aryl methyl sites for hydroxylation is 1. The Kier molecular flexibility index (Phi) is 4.44. The lowest BCUT2D eigenvalue weighted by Crippen LogP contribution is -2.33. The average molecular weight is 314 g/mol. The van der Waals surface area contributed by atoms with E-state index < -0.39 is 0 Å². The van der Waals surface area contributed by atoms with Gasteiger partial charge in [0.25, 0.3) is 0 Å². The first kappa shape index (κ1) is 13.8. The van der Waals surface area contributed by atoms with Crippen LogP contribution in [0.2, 0.25) is 0 Å². The number of thiophene rings is 1. The van der Waals surface area contributed by atoms with Crippen LogP contribution in [0.25, 0.3) is 0 Å². The lowest BCUT2D eigenvalue weighted by atomic mass is 10.1. The number of carbonyl (C=O) groups excluding carboxylic acids is 1. The summed E-state index contributed by atoms with van der Waals surface area (Å²) in [6.45, 7) is 1.93. The maximum atomic E-state index is 12.7. The number of hydrogen-bond donors (Lipinski definition) is 0. The Hall–Kier alpha value is -0.130. The first-order valence-corrected chi connectivity index (χ1v) is 10.1. The zero-order chi connectivity index (χ0) is 13.2. The van der Waals surface area contributed by atoms with Gasteiger partial charge in [0.05, 0.1) is 0 Å². The fourth-order valence-electron chi connectivity index (χ4n) is 2.92. The van der Waals surface area contributed by atoms with Gasteiger partial charge >= 0.3 is 0 Å². The van der Waals surface area contributed by atoms with Crippen molar-refractivity contribution in [1.82, 2.24) is 4.90 Å². The summed E-state index contributed by atoms with van der Waals surface area (Å²) in [5.74, 6) is 3.33. The van der Waals surface area contributed by atoms with Gasteiger partial charge in [0.1, 0.15) is 5.25 Å². The van der Waals surface area contributed by atoms with Gasteiger partial charge < -0.3 is 4.90 Å². The second-order valence-electron chi connectivity index (χ2n) is 5.19. The summed E-state index contributed by atoms with van der Waals surface area (Å²) in [4.78, 5) is 16.2. The lowest BCUT2D eigenvalue weighted by Gasteiger charge is -2.26. The van der Waals surface area contributed by atoms with Crippen LogP contribution >= 0.6 is 34.9 Å². The Morgan fingerprint density at radius 1 is 1.58 bits per heavy atom. The summed E-state index contributed by atoms with van der Waals surface area (Å²) < 4.78 is 0. The van der Waals surface area contributed by atoms with Gasteiger partial charge in [0.2, 0.25) is 5.91 Å². The van der Waals surface area contributed by atoms with Crippen molar-refractivity contribution in [3.63, 3.8) is 0 Å². The lowest BCUT2D eigenvalue weighted by molar-refractivity contribution is -0.129. The molecule has 0 bridgehead atoms. The van der Waals surface area contributed by atoms with Gasteiger partial charge in [0, 0.05) is 18.0 Å². The number of thioether (sulfide) groups is 2. The molecule has 2 nitrogen and oxygen atoms in total. The van der Waals surface area contributed by atoms with Gasteiger partial charge in [-0.1, -0.05) is 0 Å². The Labute approximate surface area is 127 Å².